The van der Waals surface area contributed by atoms with Crippen molar-refractivity contribution in [3.8, 4) is 11.6 Å². The summed E-state index contributed by atoms with van der Waals surface area (Å²) in [7, 11) is 0. The molecule has 6 nitrogen and oxygen atoms in total. The molecule has 0 aromatic carbocycles. The van der Waals surface area contributed by atoms with Gasteiger partial charge in [0.2, 0.25) is 17.5 Å². The summed E-state index contributed by atoms with van der Waals surface area (Å²) in [6.45, 7) is 7.13. The predicted molar refractivity (Wildman–Crippen MR) is 66.9 cm³/mol. The van der Waals surface area contributed by atoms with Crippen LogP contribution in [0.25, 0.3) is 11.6 Å². The molecule has 0 amide bonds. The second-order valence-corrected chi connectivity index (χ2v) is 4.16. The van der Waals surface area contributed by atoms with Crippen LogP contribution in [0, 0.1) is 0 Å². The van der Waals surface area contributed by atoms with E-state index in [4.69, 9.17) is 4.52 Å². The summed E-state index contributed by atoms with van der Waals surface area (Å²) >= 11 is 0. The molecular weight excluding hydrogens is 230 g/mol. The van der Waals surface area contributed by atoms with Gasteiger partial charge >= 0.3 is 0 Å². The first-order valence-electron chi connectivity index (χ1n) is 6.06. The molecule has 0 spiro atoms. The molecule has 1 N–H and O–H groups in total. The van der Waals surface area contributed by atoms with Gasteiger partial charge in [-0.05, 0) is 19.5 Å². The SMILES string of the molecule is CCNC(C)C(C)c1nc(-c2ncccn2)no1. The second kappa shape index (κ2) is 5.68. The van der Waals surface area contributed by atoms with Gasteiger partial charge in [-0.15, -0.1) is 0 Å². The molecule has 0 radical (unpaired) electrons. The Bertz CT molecular complexity index is 484. The molecular formula is C12H17N5O. The Hall–Kier alpha value is -1.82. The minimum absolute atomic E-state index is 0.148. The standard InChI is InChI=1S/C12H17N5O/c1-4-13-9(3)8(2)12-16-11(17-18-12)10-14-6-5-7-15-10/h5-9,13H,4H2,1-3H3. The molecule has 6 heteroatoms. The molecule has 2 heterocycles. The second-order valence-electron chi connectivity index (χ2n) is 4.16. The van der Waals surface area contributed by atoms with Crippen molar-refractivity contribution >= 4 is 0 Å². The molecule has 96 valence electrons. The average Bonchev–Trinajstić information content (AvgIpc) is 2.89. The zero-order valence-electron chi connectivity index (χ0n) is 10.8. The van der Waals surface area contributed by atoms with Crippen LogP contribution >= 0.6 is 0 Å². The van der Waals surface area contributed by atoms with Gasteiger partial charge in [0, 0.05) is 18.4 Å². The van der Waals surface area contributed by atoms with E-state index in [1.165, 1.54) is 0 Å². The molecule has 0 saturated heterocycles. The lowest BCUT2D eigenvalue weighted by atomic mass is 10.0. The molecule has 0 aliphatic rings. The molecule has 0 fully saturated rings. The lowest BCUT2D eigenvalue weighted by molar-refractivity contribution is 0.332. The highest BCUT2D eigenvalue weighted by Gasteiger charge is 2.21. The first kappa shape index (κ1) is 12.6. The van der Waals surface area contributed by atoms with Gasteiger partial charge in [-0.1, -0.05) is 19.0 Å². The lowest BCUT2D eigenvalue weighted by Gasteiger charge is -2.16. The van der Waals surface area contributed by atoms with Gasteiger partial charge in [0.15, 0.2) is 0 Å². The Labute approximate surface area is 106 Å². The summed E-state index contributed by atoms with van der Waals surface area (Å²) < 4.78 is 5.27. The summed E-state index contributed by atoms with van der Waals surface area (Å²) in [5.41, 5.74) is 0. The fourth-order valence-electron chi connectivity index (χ4n) is 1.64. The van der Waals surface area contributed by atoms with Crippen molar-refractivity contribution in [3.05, 3.63) is 24.4 Å². The van der Waals surface area contributed by atoms with Crippen LogP contribution in [0.3, 0.4) is 0 Å². The van der Waals surface area contributed by atoms with Crippen LogP contribution in [0.1, 0.15) is 32.6 Å². The van der Waals surface area contributed by atoms with Crippen LogP contribution in [0.15, 0.2) is 23.0 Å². The van der Waals surface area contributed by atoms with Gasteiger partial charge in [-0.3, -0.25) is 0 Å². The number of hydrogen-bond acceptors (Lipinski definition) is 6. The number of hydrogen-bond donors (Lipinski definition) is 1. The molecule has 0 aliphatic carbocycles. The third-order valence-electron chi connectivity index (χ3n) is 2.87. The summed E-state index contributed by atoms with van der Waals surface area (Å²) in [5.74, 6) is 1.66. The van der Waals surface area contributed by atoms with E-state index < -0.39 is 0 Å². The van der Waals surface area contributed by atoms with Gasteiger partial charge < -0.3 is 9.84 Å². The average molecular weight is 247 g/mol. The monoisotopic (exact) mass is 247 g/mol. The summed E-state index contributed by atoms with van der Waals surface area (Å²) in [6.07, 6.45) is 3.31. The van der Waals surface area contributed by atoms with Crippen LogP contribution in [0.4, 0.5) is 0 Å². The molecule has 2 aromatic heterocycles. The molecule has 2 unspecified atom stereocenters. The molecule has 2 atom stereocenters. The molecule has 18 heavy (non-hydrogen) atoms. The first-order chi connectivity index (χ1) is 8.72. The maximum Gasteiger partial charge on any atom is 0.240 e. The maximum atomic E-state index is 5.27. The number of aromatic nitrogens is 4. The third kappa shape index (κ3) is 2.70. The molecule has 2 rings (SSSR count). The lowest BCUT2D eigenvalue weighted by Crippen LogP contribution is -2.30. The number of likely N-dealkylation sites (N-methyl/N-ethyl adjacent to an activating group) is 1. The fourth-order valence-corrected chi connectivity index (χ4v) is 1.64. The minimum atomic E-state index is 0.148. The maximum absolute atomic E-state index is 5.27. The zero-order valence-corrected chi connectivity index (χ0v) is 10.8. The quantitative estimate of drug-likeness (QED) is 0.865. The van der Waals surface area contributed by atoms with Gasteiger partial charge in [0.1, 0.15) is 0 Å². The first-order valence-corrected chi connectivity index (χ1v) is 6.06. The normalized spacial score (nSPS) is 14.4. The van der Waals surface area contributed by atoms with Crippen molar-refractivity contribution in [2.24, 2.45) is 0 Å². The van der Waals surface area contributed by atoms with Gasteiger partial charge in [-0.25, -0.2) is 9.97 Å². The Kier molecular flexibility index (Phi) is 3.99. The molecule has 0 saturated carbocycles. The van der Waals surface area contributed by atoms with Crippen LogP contribution in [-0.4, -0.2) is 32.7 Å². The van der Waals surface area contributed by atoms with E-state index in [1.807, 2.05) is 0 Å². The number of nitrogens with zero attached hydrogens (tertiary/aromatic N) is 4. The van der Waals surface area contributed by atoms with Crippen molar-refractivity contribution in [2.45, 2.75) is 32.7 Å². The van der Waals surface area contributed by atoms with Crippen molar-refractivity contribution in [1.29, 1.82) is 0 Å². The van der Waals surface area contributed by atoms with E-state index in [9.17, 15) is 0 Å². The van der Waals surface area contributed by atoms with Gasteiger partial charge in [0.05, 0.1) is 5.92 Å². The Balaban J connectivity index is 2.15. The molecule has 0 aliphatic heterocycles. The van der Waals surface area contributed by atoms with Crippen molar-refractivity contribution in [1.82, 2.24) is 25.4 Å². The number of nitrogens with one attached hydrogen (secondary N) is 1. The van der Waals surface area contributed by atoms with Crippen molar-refractivity contribution < 1.29 is 4.52 Å². The Morgan fingerprint density at radius 3 is 2.61 bits per heavy atom. The van der Waals surface area contributed by atoms with Crippen LogP contribution in [-0.2, 0) is 0 Å². The van der Waals surface area contributed by atoms with E-state index >= 15 is 0 Å². The van der Waals surface area contributed by atoms with Crippen LogP contribution in [0.5, 0.6) is 0 Å². The van der Waals surface area contributed by atoms with E-state index in [2.05, 4.69) is 46.2 Å². The Morgan fingerprint density at radius 1 is 1.22 bits per heavy atom. The highest BCUT2D eigenvalue weighted by molar-refractivity contribution is 5.40. The van der Waals surface area contributed by atoms with E-state index in [0.29, 0.717) is 17.5 Å². The largest absolute Gasteiger partial charge is 0.339 e. The topological polar surface area (TPSA) is 76.7 Å². The third-order valence-corrected chi connectivity index (χ3v) is 2.87. The highest BCUT2D eigenvalue weighted by Crippen LogP contribution is 2.19. The minimum Gasteiger partial charge on any atom is -0.339 e. The summed E-state index contributed by atoms with van der Waals surface area (Å²) in [5, 5.41) is 7.24. The van der Waals surface area contributed by atoms with E-state index in [1.54, 1.807) is 18.5 Å². The van der Waals surface area contributed by atoms with E-state index in [-0.39, 0.29) is 12.0 Å². The smallest absolute Gasteiger partial charge is 0.240 e. The van der Waals surface area contributed by atoms with Gasteiger partial charge in [0.25, 0.3) is 0 Å². The van der Waals surface area contributed by atoms with Gasteiger partial charge in [-0.2, -0.15) is 4.98 Å². The zero-order chi connectivity index (χ0) is 13.0. The fraction of sp³-hybridized carbons (Fsp3) is 0.500. The predicted octanol–water partition coefficient (Wildman–Crippen LogP) is 1.63. The van der Waals surface area contributed by atoms with Crippen LogP contribution < -0.4 is 5.32 Å². The Morgan fingerprint density at radius 2 is 1.94 bits per heavy atom. The van der Waals surface area contributed by atoms with Crippen molar-refractivity contribution in [3.63, 3.8) is 0 Å². The molecule has 2 aromatic rings. The molecule has 0 bridgehead atoms. The summed E-state index contributed by atoms with van der Waals surface area (Å²) in [4.78, 5) is 12.5. The summed E-state index contributed by atoms with van der Waals surface area (Å²) in [6, 6.07) is 2.03. The van der Waals surface area contributed by atoms with E-state index in [0.717, 1.165) is 6.54 Å². The van der Waals surface area contributed by atoms with Crippen molar-refractivity contribution in [2.75, 3.05) is 6.54 Å². The highest BCUT2D eigenvalue weighted by atomic mass is 16.5. The van der Waals surface area contributed by atoms with Crippen LogP contribution in [0.2, 0.25) is 0 Å². The number of rotatable bonds is 5.